The van der Waals surface area contributed by atoms with Gasteiger partial charge in [-0.2, -0.15) is 0 Å². The first-order valence-corrected chi connectivity index (χ1v) is 7.40. The summed E-state index contributed by atoms with van der Waals surface area (Å²) in [5.74, 6) is 0. The highest BCUT2D eigenvalue weighted by atomic mass is 35.5. The van der Waals surface area contributed by atoms with Crippen LogP contribution in [-0.4, -0.2) is 8.42 Å². The van der Waals surface area contributed by atoms with Crippen LogP contribution in [0.1, 0.15) is 5.56 Å². The molecule has 3 N–H and O–H groups in total. The SMILES string of the molecule is Cc1cc(Cl)c(S(=O)(=O)Nc2ccccc2)cc1N. The van der Waals surface area contributed by atoms with Crippen molar-refractivity contribution >= 4 is 33.0 Å². The largest absolute Gasteiger partial charge is 0.398 e. The molecule has 2 aromatic carbocycles. The monoisotopic (exact) mass is 296 g/mol. The van der Waals surface area contributed by atoms with E-state index < -0.39 is 10.0 Å². The molecule has 0 fully saturated rings. The van der Waals surface area contributed by atoms with Crippen LogP contribution in [0.2, 0.25) is 5.02 Å². The fourth-order valence-electron chi connectivity index (χ4n) is 1.59. The van der Waals surface area contributed by atoms with E-state index in [4.69, 9.17) is 17.3 Å². The number of anilines is 2. The molecule has 0 atom stereocenters. The second-order valence-electron chi connectivity index (χ2n) is 4.11. The molecule has 0 aliphatic heterocycles. The Morgan fingerprint density at radius 3 is 2.42 bits per heavy atom. The van der Waals surface area contributed by atoms with Crippen LogP contribution in [0.4, 0.5) is 11.4 Å². The molecule has 0 aromatic heterocycles. The molecule has 0 heterocycles. The molecule has 19 heavy (non-hydrogen) atoms. The van der Waals surface area contributed by atoms with Crippen LogP contribution in [0.25, 0.3) is 0 Å². The van der Waals surface area contributed by atoms with E-state index in [1.165, 1.54) is 12.1 Å². The predicted octanol–water partition coefficient (Wildman–Crippen LogP) is 3.03. The number of hydrogen-bond donors (Lipinski definition) is 2. The Labute approximate surface area is 117 Å². The standard InChI is InChI=1S/C13H13ClN2O2S/c1-9-7-11(14)13(8-12(9)15)19(17,18)16-10-5-3-2-4-6-10/h2-8,16H,15H2,1H3. The first-order valence-electron chi connectivity index (χ1n) is 5.53. The molecule has 100 valence electrons. The molecular formula is C13H13ClN2O2S. The summed E-state index contributed by atoms with van der Waals surface area (Å²) >= 11 is 5.98. The fourth-order valence-corrected chi connectivity index (χ4v) is 3.27. The minimum Gasteiger partial charge on any atom is -0.398 e. The van der Waals surface area contributed by atoms with Gasteiger partial charge in [-0.25, -0.2) is 8.42 Å². The van der Waals surface area contributed by atoms with Gasteiger partial charge in [-0.05, 0) is 36.8 Å². The highest BCUT2D eigenvalue weighted by Crippen LogP contribution is 2.28. The van der Waals surface area contributed by atoms with Gasteiger partial charge in [0.25, 0.3) is 10.0 Å². The average Bonchev–Trinajstić information content (AvgIpc) is 2.34. The third kappa shape index (κ3) is 3.00. The van der Waals surface area contributed by atoms with Crippen LogP contribution in [-0.2, 0) is 10.0 Å². The Kier molecular flexibility index (Phi) is 3.68. The Morgan fingerprint density at radius 2 is 1.79 bits per heavy atom. The van der Waals surface area contributed by atoms with Gasteiger partial charge < -0.3 is 5.73 Å². The van der Waals surface area contributed by atoms with E-state index in [-0.39, 0.29) is 9.92 Å². The van der Waals surface area contributed by atoms with E-state index in [2.05, 4.69) is 4.72 Å². The van der Waals surface area contributed by atoms with Gasteiger partial charge in [0.05, 0.1) is 5.02 Å². The third-order valence-corrected chi connectivity index (χ3v) is 4.48. The highest BCUT2D eigenvalue weighted by molar-refractivity contribution is 7.92. The Balaban J connectivity index is 2.43. The Bertz CT molecular complexity index is 700. The molecule has 0 saturated carbocycles. The van der Waals surface area contributed by atoms with E-state index in [1.54, 1.807) is 37.3 Å². The van der Waals surface area contributed by atoms with Crippen LogP contribution in [0.5, 0.6) is 0 Å². The second-order valence-corrected chi connectivity index (χ2v) is 6.17. The van der Waals surface area contributed by atoms with Gasteiger partial charge in [0, 0.05) is 11.4 Å². The average molecular weight is 297 g/mol. The highest BCUT2D eigenvalue weighted by Gasteiger charge is 2.19. The zero-order chi connectivity index (χ0) is 14.0. The van der Waals surface area contributed by atoms with Crippen molar-refractivity contribution < 1.29 is 8.42 Å². The van der Waals surface area contributed by atoms with Gasteiger partial charge in [-0.1, -0.05) is 29.8 Å². The molecule has 0 radical (unpaired) electrons. The molecule has 0 spiro atoms. The number of sulfonamides is 1. The normalized spacial score (nSPS) is 11.3. The van der Waals surface area contributed by atoms with Crippen LogP contribution in [0.15, 0.2) is 47.4 Å². The molecule has 0 amide bonds. The zero-order valence-corrected chi connectivity index (χ0v) is 11.8. The molecule has 0 saturated heterocycles. The summed E-state index contributed by atoms with van der Waals surface area (Å²) in [7, 11) is -3.75. The first kappa shape index (κ1) is 13.7. The summed E-state index contributed by atoms with van der Waals surface area (Å²) in [6.45, 7) is 1.77. The summed E-state index contributed by atoms with van der Waals surface area (Å²) in [5.41, 5.74) is 7.33. The molecule has 6 heteroatoms. The minimum absolute atomic E-state index is 0.0267. The van der Waals surface area contributed by atoms with Crippen LogP contribution in [0.3, 0.4) is 0 Å². The van der Waals surface area contributed by atoms with Crippen LogP contribution in [0, 0.1) is 6.92 Å². The summed E-state index contributed by atoms with van der Waals surface area (Å²) in [6.07, 6.45) is 0. The number of halogens is 1. The lowest BCUT2D eigenvalue weighted by Gasteiger charge is -2.11. The van der Waals surface area contributed by atoms with Crippen molar-refractivity contribution in [3.8, 4) is 0 Å². The van der Waals surface area contributed by atoms with Gasteiger partial charge in [0.1, 0.15) is 4.90 Å². The molecular weight excluding hydrogens is 284 g/mol. The number of nitrogens with two attached hydrogens (primary N) is 1. The summed E-state index contributed by atoms with van der Waals surface area (Å²) in [6, 6.07) is 11.5. The van der Waals surface area contributed by atoms with Crippen molar-refractivity contribution in [3.63, 3.8) is 0 Å². The van der Waals surface area contributed by atoms with Gasteiger partial charge in [0.15, 0.2) is 0 Å². The number of rotatable bonds is 3. The number of para-hydroxylation sites is 1. The second kappa shape index (κ2) is 5.11. The van der Waals surface area contributed by atoms with Crippen molar-refractivity contribution in [1.29, 1.82) is 0 Å². The number of nitrogens with one attached hydrogen (secondary N) is 1. The van der Waals surface area contributed by atoms with E-state index in [9.17, 15) is 8.42 Å². The lowest BCUT2D eigenvalue weighted by atomic mass is 10.2. The maximum absolute atomic E-state index is 12.2. The van der Waals surface area contributed by atoms with Crippen molar-refractivity contribution in [2.75, 3.05) is 10.5 Å². The number of benzene rings is 2. The molecule has 0 aliphatic carbocycles. The van der Waals surface area contributed by atoms with Crippen molar-refractivity contribution in [1.82, 2.24) is 0 Å². The van der Waals surface area contributed by atoms with Crippen molar-refractivity contribution in [2.24, 2.45) is 0 Å². The predicted molar refractivity (Wildman–Crippen MR) is 77.9 cm³/mol. The molecule has 2 aromatic rings. The number of nitrogen functional groups attached to an aromatic ring is 1. The zero-order valence-electron chi connectivity index (χ0n) is 10.2. The Hall–Kier alpha value is -1.72. The van der Waals surface area contributed by atoms with Crippen molar-refractivity contribution in [2.45, 2.75) is 11.8 Å². The lowest BCUT2D eigenvalue weighted by Crippen LogP contribution is -2.14. The maximum Gasteiger partial charge on any atom is 0.263 e. The maximum atomic E-state index is 12.2. The van der Waals surface area contributed by atoms with E-state index in [0.717, 1.165) is 5.56 Å². The molecule has 0 aliphatic rings. The molecule has 2 rings (SSSR count). The molecule has 4 nitrogen and oxygen atoms in total. The van der Waals surface area contributed by atoms with Crippen molar-refractivity contribution in [3.05, 3.63) is 53.1 Å². The fraction of sp³-hybridized carbons (Fsp3) is 0.0769. The van der Waals surface area contributed by atoms with E-state index >= 15 is 0 Å². The summed E-state index contributed by atoms with van der Waals surface area (Å²) in [4.78, 5) is -0.0267. The smallest absolute Gasteiger partial charge is 0.263 e. The van der Waals surface area contributed by atoms with Gasteiger partial charge in [-0.3, -0.25) is 4.72 Å². The van der Waals surface area contributed by atoms with Gasteiger partial charge in [0.2, 0.25) is 0 Å². The van der Waals surface area contributed by atoms with Gasteiger partial charge in [-0.15, -0.1) is 0 Å². The summed E-state index contributed by atoms with van der Waals surface area (Å²) in [5, 5.41) is 0.148. The van der Waals surface area contributed by atoms with E-state index in [0.29, 0.717) is 11.4 Å². The van der Waals surface area contributed by atoms with E-state index in [1.807, 2.05) is 0 Å². The van der Waals surface area contributed by atoms with Crippen LogP contribution < -0.4 is 10.5 Å². The topological polar surface area (TPSA) is 72.2 Å². The van der Waals surface area contributed by atoms with Crippen LogP contribution >= 0.6 is 11.6 Å². The quantitative estimate of drug-likeness (QED) is 0.855. The summed E-state index contributed by atoms with van der Waals surface area (Å²) < 4.78 is 26.9. The molecule has 0 bridgehead atoms. The minimum atomic E-state index is -3.75. The third-order valence-electron chi connectivity index (χ3n) is 2.64. The Morgan fingerprint density at radius 1 is 1.16 bits per heavy atom. The first-order chi connectivity index (χ1) is 8.90. The number of aryl methyl sites for hydroxylation is 1. The number of hydrogen-bond acceptors (Lipinski definition) is 3. The molecule has 0 unspecified atom stereocenters. The lowest BCUT2D eigenvalue weighted by molar-refractivity contribution is 0.601. The van der Waals surface area contributed by atoms with Gasteiger partial charge >= 0.3 is 0 Å².